The van der Waals surface area contributed by atoms with Crippen LogP contribution in [0, 0.1) is 6.92 Å². The number of rotatable bonds is 6. The normalized spacial score (nSPS) is 22.2. The first-order chi connectivity index (χ1) is 12.1. The number of aliphatic carboxylic acids is 1. The lowest BCUT2D eigenvalue weighted by molar-refractivity contribution is -0.137. The van der Waals surface area contributed by atoms with Crippen molar-refractivity contribution in [2.24, 2.45) is 0 Å². The zero-order valence-electron chi connectivity index (χ0n) is 14.6. The van der Waals surface area contributed by atoms with Crippen LogP contribution >= 0.6 is 0 Å². The van der Waals surface area contributed by atoms with Crippen LogP contribution in [0.15, 0.2) is 11.0 Å². The molecule has 0 amide bonds. The Bertz CT molecular complexity index is 669. The Morgan fingerprint density at radius 3 is 2.88 bits per heavy atom. The van der Waals surface area contributed by atoms with Gasteiger partial charge in [-0.15, -0.1) is 0 Å². The summed E-state index contributed by atoms with van der Waals surface area (Å²) in [6, 6.07) is 0.927. The minimum absolute atomic E-state index is 0.227. The molecule has 25 heavy (non-hydrogen) atoms. The molecular weight excluding hydrogens is 324 g/mol. The van der Waals surface area contributed by atoms with Crippen molar-refractivity contribution in [1.82, 2.24) is 14.5 Å². The first-order valence-electron chi connectivity index (χ1n) is 8.92. The molecule has 3 heterocycles. The fourth-order valence-electron chi connectivity index (χ4n) is 3.81. The van der Waals surface area contributed by atoms with Crippen molar-refractivity contribution >= 4 is 11.8 Å². The van der Waals surface area contributed by atoms with Gasteiger partial charge in [-0.1, -0.05) is 0 Å². The number of aryl methyl sites for hydroxylation is 1. The van der Waals surface area contributed by atoms with Gasteiger partial charge in [0.2, 0.25) is 0 Å². The maximum atomic E-state index is 12.5. The van der Waals surface area contributed by atoms with E-state index in [9.17, 15) is 9.59 Å². The van der Waals surface area contributed by atoms with Gasteiger partial charge in [0.15, 0.2) is 5.82 Å². The van der Waals surface area contributed by atoms with E-state index in [4.69, 9.17) is 9.84 Å². The second-order valence-corrected chi connectivity index (χ2v) is 6.79. The Kier molecular flexibility index (Phi) is 5.70. The zero-order chi connectivity index (χ0) is 17.8. The fourth-order valence-corrected chi connectivity index (χ4v) is 3.81. The lowest BCUT2D eigenvalue weighted by atomic mass is 10.1. The molecule has 8 nitrogen and oxygen atoms in total. The number of hydrogen-bond donors (Lipinski definition) is 2. The van der Waals surface area contributed by atoms with Crippen molar-refractivity contribution in [3.8, 4) is 0 Å². The number of aromatic nitrogens is 2. The lowest BCUT2D eigenvalue weighted by Gasteiger charge is -2.35. The Hall–Kier alpha value is -1.93. The largest absolute Gasteiger partial charge is 0.480 e. The van der Waals surface area contributed by atoms with E-state index in [0.29, 0.717) is 24.3 Å². The third-order valence-corrected chi connectivity index (χ3v) is 5.13. The van der Waals surface area contributed by atoms with E-state index >= 15 is 0 Å². The molecule has 2 saturated heterocycles. The van der Waals surface area contributed by atoms with Gasteiger partial charge in [-0.25, -0.2) is 4.98 Å². The number of anilines is 1. The summed E-state index contributed by atoms with van der Waals surface area (Å²) in [6.45, 7) is 4.71. The molecule has 1 aromatic heterocycles. The van der Waals surface area contributed by atoms with E-state index in [1.54, 1.807) is 6.92 Å². The van der Waals surface area contributed by atoms with Crippen molar-refractivity contribution in [2.45, 2.75) is 51.2 Å². The van der Waals surface area contributed by atoms with Gasteiger partial charge in [0, 0.05) is 43.7 Å². The average Bonchev–Trinajstić information content (AvgIpc) is 3.07. The third-order valence-electron chi connectivity index (χ3n) is 5.13. The van der Waals surface area contributed by atoms with E-state index in [1.807, 2.05) is 0 Å². The van der Waals surface area contributed by atoms with E-state index in [2.05, 4.69) is 15.2 Å². The molecule has 2 aliphatic rings. The minimum Gasteiger partial charge on any atom is -0.480 e. The number of carboxylic acids is 1. The molecule has 0 aliphatic carbocycles. The van der Waals surface area contributed by atoms with Gasteiger partial charge in [-0.3, -0.25) is 19.1 Å². The molecule has 2 aliphatic heterocycles. The van der Waals surface area contributed by atoms with Crippen LogP contribution in [0.2, 0.25) is 0 Å². The first kappa shape index (κ1) is 17.9. The minimum atomic E-state index is -1.04. The van der Waals surface area contributed by atoms with Gasteiger partial charge in [0.25, 0.3) is 5.56 Å². The number of likely N-dealkylation sites (tertiary alicyclic amines) is 1. The van der Waals surface area contributed by atoms with Crippen LogP contribution in [0.25, 0.3) is 0 Å². The van der Waals surface area contributed by atoms with E-state index in [0.717, 1.165) is 45.4 Å². The SMILES string of the molecule is Cc1cnc(NCC2CCCN2C2CCOCC2)c(=O)n1CC(=O)O. The van der Waals surface area contributed by atoms with E-state index < -0.39 is 5.97 Å². The monoisotopic (exact) mass is 350 g/mol. The molecule has 0 aromatic carbocycles. The predicted molar refractivity (Wildman–Crippen MR) is 92.9 cm³/mol. The molecule has 1 aromatic rings. The number of hydrogen-bond acceptors (Lipinski definition) is 6. The maximum Gasteiger partial charge on any atom is 0.323 e. The molecule has 0 saturated carbocycles. The summed E-state index contributed by atoms with van der Waals surface area (Å²) in [5.41, 5.74) is 0.167. The fraction of sp³-hybridized carbons (Fsp3) is 0.706. The van der Waals surface area contributed by atoms with Gasteiger partial charge in [-0.05, 0) is 39.2 Å². The highest BCUT2D eigenvalue weighted by Crippen LogP contribution is 2.25. The van der Waals surface area contributed by atoms with Crippen LogP contribution in [0.4, 0.5) is 5.82 Å². The molecule has 1 atom stereocenters. The number of carbonyl (C=O) groups is 1. The molecule has 0 spiro atoms. The first-order valence-corrected chi connectivity index (χ1v) is 8.92. The Morgan fingerprint density at radius 1 is 1.40 bits per heavy atom. The zero-order valence-corrected chi connectivity index (χ0v) is 14.6. The summed E-state index contributed by atoms with van der Waals surface area (Å²) < 4.78 is 6.69. The molecular formula is C17H26N4O4. The summed E-state index contributed by atoms with van der Waals surface area (Å²) in [5, 5.41) is 12.1. The second-order valence-electron chi connectivity index (χ2n) is 6.79. The van der Waals surface area contributed by atoms with Crippen LogP contribution in [0.1, 0.15) is 31.4 Å². The molecule has 2 fully saturated rings. The van der Waals surface area contributed by atoms with Crippen LogP contribution in [0.3, 0.4) is 0 Å². The average molecular weight is 350 g/mol. The Balaban J connectivity index is 1.66. The van der Waals surface area contributed by atoms with Crippen molar-refractivity contribution in [2.75, 3.05) is 31.6 Å². The van der Waals surface area contributed by atoms with Crippen molar-refractivity contribution < 1.29 is 14.6 Å². The summed E-state index contributed by atoms with van der Waals surface area (Å²) in [6.07, 6.45) is 5.92. The highest BCUT2D eigenvalue weighted by atomic mass is 16.5. The van der Waals surface area contributed by atoms with Crippen molar-refractivity contribution in [3.05, 3.63) is 22.2 Å². The third kappa shape index (κ3) is 4.19. The molecule has 138 valence electrons. The van der Waals surface area contributed by atoms with Crippen molar-refractivity contribution in [3.63, 3.8) is 0 Å². The van der Waals surface area contributed by atoms with Crippen molar-refractivity contribution in [1.29, 1.82) is 0 Å². The van der Waals surface area contributed by atoms with E-state index in [1.165, 1.54) is 10.8 Å². The van der Waals surface area contributed by atoms with E-state index in [-0.39, 0.29) is 17.9 Å². The number of ether oxygens (including phenoxy) is 1. The highest BCUT2D eigenvalue weighted by Gasteiger charge is 2.31. The molecule has 0 radical (unpaired) electrons. The molecule has 8 heteroatoms. The molecule has 0 bridgehead atoms. The van der Waals surface area contributed by atoms with Crippen LogP contribution < -0.4 is 10.9 Å². The Morgan fingerprint density at radius 2 is 2.16 bits per heavy atom. The standard InChI is InChI=1S/C17H26N4O4/c1-12-9-18-16(17(24)21(12)11-15(22)23)19-10-14-3-2-6-20(14)13-4-7-25-8-5-13/h9,13-14H,2-8,10-11H2,1H3,(H,18,19)(H,22,23). The molecule has 2 N–H and O–H groups in total. The molecule has 1 unspecified atom stereocenters. The number of carboxylic acid groups (broad SMARTS) is 1. The summed E-state index contributed by atoms with van der Waals surface area (Å²) in [4.78, 5) is 30.1. The topological polar surface area (TPSA) is 96.7 Å². The van der Waals surface area contributed by atoms with Gasteiger partial charge in [0.1, 0.15) is 6.54 Å². The smallest absolute Gasteiger partial charge is 0.323 e. The molecule has 3 rings (SSSR count). The summed E-state index contributed by atoms with van der Waals surface area (Å²) >= 11 is 0. The summed E-state index contributed by atoms with van der Waals surface area (Å²) in [7, 11) is 0. The number of nitrogens with one attached hydrogen (secondary N) is 1. The lowest BCUT2D eigenvalue weighted by Crippen LogP contribution is -2.45. The van der Waals surface area contributed by atoms with Gasteiger partial charge < -0.3 is 15.2 Å². The summed E-state index contributed by atoms with van der Waals surface area (Å²) in [5.74, 6) is -0.811. The van der Waals surface area contributed by atoms with Gasteiger partial charge in [-0.2, -0.15) is 0 Å². The quantitative estimate of drug-likeness (QED) is 0.779. The van der Waals surface area contributed by atoms with Gasteiger partial charge in [0.05, 0.1) is 0 Å². The van der Waals surface area contributed by atoms with Crippen LogP contribution in [-0.2, 0) is 16.1 Å². The van der Waals surface area contributed by atoms with Gasteiger partial charge >= 0.3 is 5.97 Å². The Labute approximate surface area is 146 Å². The second kappa shape index (κ2) is 7.97. The number of nitrogens with zero attached hydrogens (tertiary/aromatic N) is 3. The van der Waals surface area contributed by atoms with Crippen LogP contribution in [-0.4, -0.2) is 63.9 Å². The highest BCUT2D eigenvalue weighted by molar-refractivity contribution is 5.66. The maximum absolute atomic E-state index is 12.5. The predicted octanol–water partition coefficient (Wildman–Crippen LogP) is 0.692. The van der Waals surface area contributed by atoms with Crippen LogP contribution in [0.5, 0.6) is 0 Å².